The summed E-state index contributed by atoms with van der Waals surface area (Å²) in [5.74, 6) is 0. The van der Waals surface area contributed by atoms with E-state index in [0.717, 1.165) is 18.5 Å². The summed E-state index contributed by atoms with van der Waals surface area (Å²) in [7, 11) is 1.98. The van der Waals surface area contributed by atoms with E-state index in [1.807, 2.05) is 20.0 Å². The maximum atomic E-state index is 3.90. The van der Waals surface area contributed by atoms with E-state index in [9.17, 15) is 0 Å². The maximum Gasteiger partial charge on any atom is 0.0461 e. The minimum atomic E-state index is 0.982. The molecule has 1 aromatic carbocycles. The molecule has 2 N–H and O–H groups in total. The molecule has 0 aliphatic heterocycles. The Morgan fingerprint density at radius 2 is 2.17 bits per heavy atom. The Balaban J connectivity index is 2.46. The van der Waals surface area contributed by atoms with Gasteiger partial charge in [0.1, 0.15) is 0 Å². The van der Waals surface area contributed by atoms with Crippen molar-refractivity contribution in [3.8, 4) is 0 Å². The van der Waals surface area contributed by atoms with E-state index < -0.39 is 0 Å². The summed E-state index contributed by atoms with van der Waals surface area (Å²) in [6, 6.07) is 8.45. The third-order valence-electron chi connectivity index (χ3n) is 3.01. The van der Waals surface area contributed by atoms with E-state index in [0.29, 0.717) is 0 Å². The molecule has 2 heteroatoms. The second-order valence-electron chi connectivity index (χ2n) is 4.60. The predicted octanol–water partition coefficient (Wildman–Crippen LogP) is 3.52. The number of rotatable bonds is 5. The molecule has 0 amide bonds. The highest BCUT2D eigenvalue weighted by Gasteiger charge is 2.08. The van der Waals surface area contributed by atoms with Crippen LogP contribution in [0.15, 0.2) is 42.5 Å². The fourth-order valence-corrected chi connectivity index (χ4v) is 2.11. The number of H-pyrrole nitrogens is 1. The van der Waals surface area contributed by atoms with Crippen LogP contribution in [0.3, 0.4) is 0 Å². The maximum absolute atomic E-state index is 3.90. The van der Waals surface area contributed by atoms with E-state index >= 15 is 0 Å². The fraction of sp³-hybridized carbons (Fsp3) is 0.250. The van der Waals surface area contributed by atoms with Gasteiger partial charge in [0.15, 0.2) is 0 Å². The molecule has 0 atom stereocenters. The van der Waals surface area contributed by atoms with Gasteiger partial charge in [0.25, 0.3) is 0 Å². The summed E-state index contributed by atoms with van der Waals surface area (Å²) in [6.45, 7) is 6.89. The van der Waals surface area contributed by atoms with E-state index in [1.54, 1.807) is 0 Å². The van der Waals surface area contributed by atoms with Crippen molar-refractivity contribution >= 4 is 17.0 Å². The van der Waals surface area contributed by atoms with Crippen molar-refractivity contribution < 1.29 is 0 Å². The molecule has 2 rings (SSSR count). The molecule has 0 unspecified atom stereocenters. The van der Waals surface area contributed by atoms with Gasteiger partial charge in [-0.05, 0) is 44.6 Å². The summed E-state index contributed by atoms with van der Waals surface area (Å²) < 4.78 is 0. The number of benzene rings is 1. The molecular formula is C16H20N2. The lowest BCUT2D eigenvalue weighted by molar-refractivity contribution is 0.794. The van der Waals surface area contributed by atoms with Crippen molar-refractivity contribution in [2.45, 2.75) is 13.3 Å². The smallest absolute Gasteiger partial charge is 0.0461 e. The van der Waals surface area contributed by atoms with Gasteiger partial charge in [-0.2, -0.15) is 0 Å². The van der Waals surface area contributed by atoms with Crippen LogP contribution in [0.2, 0.25) is 0 Å². The molecule has 18 heavy (non-hydrogen) atoms. The summed E-state index contributed by atoms with van der Waals surface area (Å²) in [4.78, 5) is 3.47. The van der Waals surface area contributed by atoms with Gasteiger partial charge < -0.3 is 10.3 Å². The summed E-state index contributed by atoms with van der Waals surface area (Å²) in [5.41, 5.74) is 4.82. The molecule has 0 bridgehead atoms. The number of hydrogen-bond donors (Lipinski definition) is 2. The molecular weight excluding hydrogens is 220 g/mol. The van der Waals surface area contributed by atoms with Crippen molar-refractivity contribution in [3.05, 3.63) is 53.8 Å². The fourth-order valence-electron chi connectivity index (χ4n) is 2.11. The zero-order valence-corrected chi connectivity index (χ0v) is 11.1. The predicted molar refractivity (Wildman–Crippen MR) is 79.8 cm³/mol. The first-order valence-electron chi connectivity index (χ1n) is 6.30. The molecule has 0 aliphatic carbocycles. The highest BCUT2D eigenvalue weighted by molar-refractivity contribution is 5.87. The van der Waals surface area contributed by atoms with E-state index in [-0.39, 0.29) is 0 Å². The van der Waals surface area contributed by atoms with Gasteiger partial charge in [-0.3, -0.25) is 0 Å². The molecule has 0 radical (unpaired) electrons. The number of nitrogens with one attached hydrogen (secondary N) is 2. The zero-order valence-electron chi connectivity index (χ0n) is 11.1. The molecule has 0 spiro atoms. The summed E-state index contributed by atoms with van der Waals surface area (Å²) >= 11 is 0. The molecule has 2 aromatic rings. The van der Waals surface area contributed by atoms with Gasteiger partial charge in [-0.1, -0.05) is 36.4 Å². The van der Waals surface area contributed by atoms with Gasteiger partial charge in [0.05, 0.1) is 0 Å². The van der Waals surface area contributed by atoms with Crippen LogP contribution >= 0.6 is 0 Å². The number of aromatic amines is 1. The Labute approximate surface area is 108 Å². The van der Waals surface area contributed by atoms with E-state index in [2.05, 4.69) is 47.2 Å². The second-order valence-corrected chi connectivity index (χ2v) is 4.60. The minimum absolute atomic E-state index is 0.982. The largest absolute Gasteiger partial charge is 0.355 e. The standard InChI is InChI=1S/C16H20N2/c1-12(2)8-9-16-14(10-11-17-3)13-6-4-5-7-15(13)18-16/h4-9,17-18H,1,10-11H2,2-3H3/b9-8+. The number of fused-ring (bicyclic) bond motifs is 1. The van der Waals surface area contributed by atoms with Crippen LogP contribution in [-0.4, -0.2) is 18.6 Å². The second kappa shape index (κ2) is 5.69. The minimum Gasteiger partial charge on any atom is -0.355 e. The lowest BCUT2D eigenvalue weighted by atomic mass is 10.1. The van der Waals surface area contributed by atoms with E-state index in [1.165, 1.54) is 22.2 Å². The molecule has 0 fully saturated rings. The molecule has 2 nitrogen and oxygen atoms in total. The van der Waals surface area contributed by atoms with Crippen LogP contribution in [-0.2, 0) is 6.42 Å². The van der Waals surface area contributed by atoms with Crippen LogP contribution in [0.25, 0.3) is 17.0 Å². The number of para-hydroxylation sites is 1. The third kappa shape index (κ3) is 2.71. The highest BCUT2D eigenvalue weighted by Crippen LogP contribution is 2.24. The lowest BCUT2D eigenvalue weighted by Crippen LogP contribution is -2.10. The molecule has 0 saturated carbocycles. The van der Waals surface area contributed by atoms with Crippen LogP contribution in [0.1, 0.15) is 18.2 Å². The topological polar surface area (TPSA) is 27.8 Å². The first-order valence-corrected chi connectivity index (χ1v) is 6.30. The summed E-state index contributed by atoms with van der Waals surface area (Å²) in [6.07, 6.45) is 5.19. The average Bonchev–Trinajstić information content (AvgIpc) is 2.71. The molecule has 1 heterocycles. The van der Waals surface area contributed by atoms with Crippen molar-refractivity contribution in [3.63, 3.8) is 0 Å². The highest BCUT2D eigenvalue weighted by atomic mass is 14.8. The van der Waals surface area contributed by atoms with Crippen LogP contribution in [0, 0.1) is 0 Å². The lowest BCUT2D eigenvalue weighted by Gasteiger charge is -2.01. The van der Waals surface area contributed by atoms with Gasteiger partial charge in [-0.15, -0.1) is 0 Å². The monoisotopic (exact) mass is 240 g/mol. The SMILES string of the molecule is C=C(C)/C=C/c1[nH]c2ccccc2c1CCNC. The van der Waals surface area contributed by atoms with Crippen molar-refractivity contribution in [2.24, 2.45) is 0 Å². The Kier molecular flexibility index (Phi) is 4.00. The van der Waals surface area contributed by atoms with Gasteiger partial charge in [-0.25, -0.2) is 0 Å². The van der Waals surface area contributed by atoms with Crippen LogP contribution in [0.4, 0.5) is 0 Å². The van der Waals surface area contributed by atoms with Gasteiger partial charge >= 0.3 is 0 Å². The normalized spacial score (nSPS) is 11.4. The van der Waals surface area contributed by atoms with Gasteiger partial charge in [0.2, 0.25) is 0 Å². The van der Waals surface area contributed by atoms with Crippen LogP contribution in [0.5, 0.6) is 0 Å². The van der Waals surface area contributed by atoms with Gasteiger partial charge in [0, 0.05) is 16.6 Å². The quantitative estimate of drug-likeness (QED) is 0.769. The zero-order chi connectivity index (χ0) is 13.0. The van der Waals surface area contributed by atoms with E-state index in [4.69, 9.17) is 0 Å². The number of likely N-dealkylation sites (N-methyl/N-ethyl adjacent to an activating group) is 1. The Hall–Kier alpha value is -1.80. The first-order chi connectivity index (χ1) is 8.72. The number of allylic oxidation sites excluding steroid dienone is 2. The summed E-state index contributed by atoms with van der Waals surface area (Å²) in [5, 5.41) is 4.52. The number of aromatic nitrogens is 1. The van der Waals surface area contributed by atoms with Crippen molar-refractivity contribution in [2.75, 3.05) is 13.6 Å². The van der Waals surface area contributed by atoms with Crippen molar-refractivity contribution in [1.82, 2.24) is 10.3 Å². The van der Waals surface area contributed by atoms with Crippen molar-refractivity contribution in [1.29, 1.82) is 0 Å². The van der Waals surface area contributed by atoms with Crippen LogP contribution < -0.4 is 5.32 Å². The third-order valence-corrected chi connectivity index (χ3v) is 3.01. The Morgan fingerprint density at radius 3 is 2.89 bits per heavy atom. The Morgan fingerprint density at radius 1 is 1.39 bits per heavy atom. The Bertz CT molecular complexity index is 576. The molecule has 94 valence electrons. The average molecular weight is 240 g/mol. The molecule has 1 aromatic heterocycles. The number of hydrogen-bond acceptors (Lipinski definition) is 1. The molecule has 0 saturated heterocycles. The molecule has 0 aliphatic rings. The first kappa shape index (κ1) is 12.7.